The van der Waals surface area contributed by atoms with Crippen molar-refractivity contribution in [1.82, 2.24) is 19.9 Å². The molecule has 3 fully saturated rings. The highest BCUT2D eigenvalue weighted by Gasteiger charge is 2.61. The average molecular weight is 816 g/mol. The Morgan fingerprint density at radius 2 is 1.72 bits per heavy atom. The van der Waals surface area contributed by atoms with Crippen molar-refractivity contribution in [3.05, 3.63) is 30.5 Å². The number of ketones is 2. The number of esters is 1. The van der Waals surface area contributed by atoms with Crippen LogP contribution in [0.5, 0.6) is 0 Å². The third kappa shape index (κ3) is 8.94. The van der Waals surface area contributed by atoms with Gasteiger partial charge in [-0.1, -0.05) is 52.0 Å². The number of cyclic esters (lactones) is 1. The predicted molar refractivity (Wildman–Crippen MR) is 211 cm³/mol. The first-order valence-electron chi connectivity index (χ1n) is 20.5. The van der Waals surface area contributed by atoms with Gasteiger partial charge in [-0.2, -0.15) is 0 Å². The molecule has 0 aliphatic carbocycles. The van der Waals surface area contributed by atoms with Gasteiger partial charge in [0.1, 0.15) is 23.7 Å². The fourth-order valence-corrected chi connectivity index (χ4v) is 9.26. The number of ether oxygens (including phenoxy) is 5. The van der Waals surface area contributed by atoms with Crippen LogP contribution in [0.1, 0.15) is 94.4 Å². The Balaban J connectivity index is 1.45. The van der Waals surface area contributed by atoms with E-state index in [1.165, 1.54) is 18.9 Å². The highest BCUT2D eigenvalue weighted by Crippen LogP contribution is 2.44. The number of carbonyl (C=O) groups excluding carboxylic acids is 4. The number of aliphatic hydroxyl groups excluding tert-OH is 1. The molecule has 1 aromatic heterocycles. The number of anilines is 1. The van der Waals surface area contributed by atoms with Gasteiger partial charge >= 0.3 is 12.1 Å². The van der Waals surface area contributed by atoms with E-state index in [2.05, 4.69) is 10.3 Å². The van der Waals surface area contributed by atoms with Crippen molar-refractivity contribution in [2.45, 2.75) is 155 Å². The van der Waals surface area contributed by atoms with E-state index in [-0.39, 0.29) is 37.2 Å². The first-order chi connectivity index (χ1) is 27.2. The van der Waals surface area contributed by atoms with Crippen LogP contribution in [0, 0.1) is 23.7 Å². The summed E-state index contributed by atoms with van der Waals surface area (Å²) in [5.41, 5.74) is 1.84. The van der Waals surface area contributed by atoms with Gasteiger partial charge in [-0.25, -0.2) is 14.0 Å². The zero-order valence-electron chi connectivity index (χ0n) is 35.5. The Bertz CT molecular complexity index is 1810. The van der Waals surface area contributed by atoms with E-state index in [4.69, 9.17) is 29.4 Å². The lowest BCUT2D eigenvalue weighted by atomic mass is 9.73. The number of hydrogen-bond acceptors (Lipinski definition) is 13. The molecule has 58 heavy (non-hydrogen) atoms. The maximum atomic E-state index is 16.8. The molecule has 3 aliphatic rings. The first-order valence-corrected chi connectivity index (χ1v) is 20.5. The van der Waals surface area contributed by atoms with Crippen LogP contribution in [0.3, 0.4) is 0 Å². The third-order valence-electron chi connectivity index (χ3n) is 12.6. The van der Waals surface area contributed by atoms with Gasteiger partial charge in [-0.15, -0.1) is 5.10 Å². The van der Waals surface area contributed by atoms with Crippen LogP contribution >= 0.6 is 0 Å². The molecule has 15 nitrogen and oxygen atoms in total. The van der Waals surface area contributed by atoms with Crippen LogP contribution in [-0.4, -0.2) is 116 Å². The molecule has 5 rings (SSSR count). The predicted octanol–water partition coefficient (Wildman–Crippen LogP) is 5.31. The average Bonchev–Trinajstić information content (AvgIpc) is 3.75. The highest BCUT2D eigenvalue weighted by molar-refractivity contribution is 6.08. The van der Waals surface area contributed by atoms with Crippen LogP contribution in [0.25, 0.3) is 11.3 Å². The van der Waals surface area contributed by atoms with Gasteiger partial charge in [0.25, 0.3) is 5.67 Å². The molecule has 2 aromatic rings. The van der Waals surface area contributed by atoms with Crippen LogP contribution in [0.4, 0.5) is 14.9 Å². The number of rotatable bonds is 10. The minimum absolute atomic E-state index is 0.00123. The maximum Gasteiger partial charge on any atom is 0.410 e. The summed E-state index contributed by atoms with van der Waals surface area (Å²) in [4.78, 5) is 58.0. The van der Waals surface area contributed by atoms with Crippen LogP contribution in [-0.2, 0) is 44.6 Å². The van der Waals surface area contributed by atoms with Crippen molar-refractivity contribution in [3.63, 3.8) is 0 Å². The van der Waals surface area contributed by atoms with Crippen LogP contribution < -0.4 is 5.73 Å². The fourth-order valence-electron chi connectivity index (χ4n) is 9.26. The number of aryl methyl sites for hydroxylation is 1. The summed E-state index contributed by atoms with van der Waals surface area (Å²) in [5.74, 6) is -6.01. The molecule has 3 N–H and O–H groups in total. The van der Waals surface area contributed by atoms with Gasteiger partial charge in [-0.3, -0.25) is 14.3 Å². The van der Waals surface area contributed by atoms with Gasteiger partial charge in [0.05, 0.1) is 30.0 Å². The van der Waals surface area contributed by atoms with Crippen molar-refractivity contribution in [3.8, 4) is 11.3 Å². The molecule has 3 aliphatic heterocycles. The number of fused-ring (bicyclic) bond motifs is 1. The number of alkyl halides is 1. The summed E-state index contributed by atoms with van der Waals surface area (Å²) in [6, 6.07) is 6.40. The number of hydrogen-bond donors (Lipinski definition) is 2. The second-order valence-electron chi connectivity index (χ2n) is 17.2. The Labute approximate surface area is 340 Å². The Kier molecular flexibility index (Phi) is 13.8. The molecule has 0 saturated carbocycles. The summed E-state index contributed by atoms with van der Waals surface area (Å²) in [5, 5.41) is 19.6. The number of nitrogen functional groups attached to an aromatic ring is 1. The monoisotopic (exact) mass is 815 g/mol. The van der Waals surface area contributed by atoms with E-state index >= 15 is 4.39 Å². The number of nitrogens with zero attached hydrogens (tertiary/aromatic N) is 4. The van der Waals surface area contributed by atoms with E-state index in [9.17, 15) is 24.3 Å². The number of carbonyl (C=O) groups is 4. The number of benzene rings is 1. The lowest BCUT2D eigenvalue weighted by molar-refractivity contribution is -0.295. The topological polar surface area (TPSA) is 195 Å². The quantitative estimate of drug-likeness (QED) is 0.136. The second kappa shape index (κ2) is 17.7. The molecule has 1 unspecified atom stereocenters. The Hall–Kier alpha value is -3.99. The molecule has 4 heterocycles. The number of amides is 1. The minimum atomic E-state index is -3.17. The van der Waals surface area contributed by atoms with Gasteiger partial charge in [0.2, 0.25) is 0 Å². The molecule has 13 atom stereocenters. The number of nitrogens with two attached hydrogens (primary N) is 1. The summed E-state index contributed by atoms with van der Waals surface area (Å²) in [6.07, 6.45) is -2.26. The Morgan fingerprint density at radius 3 is 2.38 bits per heavy atom. The number of unbranched alkanes of at least 4 members (excludes halogenated alkanes) is 1. The molecular weight excluding hydrogens is 753 g/mol. The summed E-state index contributed by atoms with van der Waals surface area (Å²) in [6.45, 7) is 15.0. The molecule has 1 aromatic carbocycles. The molecule has 0 radical (unpaired) electrons. The highest BCUT2D eigenvalue weighted by atomic mass is 19.1. The molecule has 322 valence electrons. The molecule has 0 bridgehead atoms. The van der Waals surface area contributed by atoms with Crippen molar-refractivity contribution in [1.29, 1.82) is 0 Å². The molecule has 1 amide bonds. The largest absolute Gasteiger partial charge is 0.455 e. The standard InChI is InChI=1S/C42H62FN5O10/c1-11-31-42(9)34(48(39(53)58-42)18-13-12-17-47-22-30(45-46-47)28-15-14-16-29(44)20-28)26(5)32(49)24(3)21-40(7,54-10)36(27(6)35(51)41(8,43)38(52)56-31)57-37-33(50)23(2)19-25(4)55-37/h14-16,20,22-27,31,33-34,36-37,50H,11-13,17-19,21,44H2,1-10H3/t23-,24+,25+,26-,27-,31+,33+,34+,36+,37-,40?,41-,42+/m0/s1. The first kappa shape index (κ1) is 45.1. The van der Waals surface area contributed by atoms with Crippen molar-refractivity contribution in [2.75, 3.05) is 19.4 Å². The fraction of sp³-hybridized carbons (Fsp3) is 0.714. The van der Waals surface area contributed by atoms with Gasteiger partial charge in [-0.05, 0) is 77.8 Å². The third-order valence-corrected chi connectivity index (χ3v) is 12.6. The molecule has 3 saturated heterocycles. The summed E-state index contributed by atoms with van der Waals surface area (Å²) >= 11 is 0. The van der Waals surface area contributed by atoms with Crippen LogP contribution in [0.15, 0.2) is 30.5 Å². The molecular formula is C42H62FN5O10. The van der Waals surface area contributed by atoms with E-state index in [1.54, 1.807) is 45.4 Å². The zero-order valence-corrected chi connectivity index (χ0v) is 35.5. The Morgan fingerprint density at radius 1 is 1.03 bits per heavy atom. The lowest BCUT2D eigenvalue weighted by Gasteiger charge is -2.46. The number of Topliss-reactive ketones (excluding diaryl/α,β-unsaturated/α-hetero) is 2. The maximum absolute atomic E-state index is 16.8. The smallest absolute Gasteiger partial charge is 0.410 e. The molecule has 0 spiro atoms. The zero-order chi connectivity index (χ0) is 42.9. The SMILES string of the molecule is CC[C@H]1OC(=O)[C@@](C)(F)C(=O)[C@H](C)[C@@H](O[C@@H]2O[C@H](C)C[C@H](C)[C@H]2O)C(C)(OC)C[C@@H](C)C(=O)[C@H](C)[C@H]2N(CCCCn3cc(-c4cccc(N)c4)nn3)C(=O)O[C@]12C. The van der Waals surface area contributed by atoms with Crippen molar-refractivity contribution >= 4 is 29.3 Å². The van der Waals surface area contributed by atoms with Crippen molar-refractivity contribution < 1.29 is 52.4 Å². The normalized spacial score (nSPS) is 37.9. The van der Waals surface area contributed by atoms with Gasteiger partial charge < -0.3 is 39.4 Å². The number of methoxy groups -OCH3 is 1. The lowest BCUT2D eigenvalue weighted by Crippen LogP contribution is -2.61. The van der Waals surface area contributed by atoms with Gasteiger partial charge in [0.15, 0.2) is 17.7 Å². The number of aliphatic hydroxyl groups is 1. The number of halogens is 1. The minimum Gasteiger partial charge on any atom is -0.455 e. The van der Waals surface area contributed by atoms with E-state index in [0.717, 1.165) is 12.5 Å². The second-order valence-corrected chi connectivity index (χ2v) is 17.2. The van der Waals surface area contributed by atoms with E-state index < -0.39 is 83.1 Å². The summed E-state index contributed by atoms with van der Waals surface area (Å²) < 4.78 is 48.8. The van der Waals surface area contributed by atoms with E-state index in [0.29, 0.717) is 37.2 Å². The van der Waals surface area contributed by atoms with E-state index in [1.807, 2.05) is 38.2 Å². The number of aromatic nitrogens is 3. The van der Waals surface area contributed by atoms with Crippen molar-refractivity contribution in [2.24, 2.45) is 23.7 Å². The van der Waals surface area contributed by atoms with Gasteiger partial charge in [0, 0.05) is 49.2 Å². The van der Waals surface area contributed by atoms with Crippen LogP contribution in [0.2, 0.25) is 0 Å². The summed E-state index contributed by atoms with van der Waals surface area (Å²) in [7, 11) is 1.40. The molecule has 16 heteroatoms.